The van der Waals surface area contributed by atoms with Crippen molar-refractivity contribution in [3.63, 3.8) is 0 Å². The van der Waals surface area contributed by atoms with E-state index in [1.54, 1.807) is 13.1 Å². The molecule has 0 aliphatic heterocycles. The summed E-state index contributed by atoms with van der Waals surface area (Å²) in [4.78, 5) is 0. The summed E-state index contributed by atoms with van der Waals surface area (Å²) in [5.41, 5.74) is 1.23. The molecule has 0 bridgehead atoms. The third kappa shape index (κ3) is 3.14. The van der Waals surface area contributed by atoms with E-state index in [4.69, 9.17) is 11.6 Å². The highest BCUT2D eigenvalue weighted by Crippen LogP contribution is 2.33. The lowest BCUT2D eigenvalue weighted by atomic mass is 9.98. The van der Waals surface area contributed by atoms with Crippen molar-refractivity contribution < 1.29 is 8.78 Å². The van der Waals surface area contributed by atoms with Gasteiger partial charge in [-0.25, -0.2) is 8.78 Å². The Morgan fingerprint density at radius 1 is 1.05 bits per heavy atom. The summed E-state index contributed by atoms with van der Waals surface area (Å²) in [5.74, 6) is -0.738. The fraction of sp³-hybridized carbons (Fsp3) is 0.143. The van der Waals surface area contributed by atoms with Gasteiger partial charge in [0, 0.05) is 9.50 Å². The largest absolute Gasteiger partial charge is 0.309 e. The molecule has 0 amide bonds. The SMILES string of the molecule is CNC(c1cc(F)ccc1Cl)c1cc(F)ccc1Br. The van der Waals surface area contributed by atoms with Crippen LogP contribution in [0, 0.1) is 11.6 Å². The van der Waals surface area contributed by atoms with Gasteiger partial charge in [-0.2, -0.15) is 0 Å². The van der Waals surface area contributed by atoms with Gasteiger partial charge in [-0.05, 0) is 54.6 Å². The molecule has 2 aromatic rings. The Labute approximate surface area is 123 Å². The van der Waals surface area contributed by atoms with Crippen molar-refractivity contribution in [3.8, 4) is 0 Å². The zero-order chi connectivity index (χ0) is 14.0. The first-order chi connectivity index (χ1) is 9.02. The van der Waals surface area contributed by atoms with Gasteiger partial charge in [0.2, 0.25) is 0 Å². The molecule has 19 heavy (non-hydrogen) atoms. The lowest BCUT2D eigenvalue weighted by Gasteiger charge is -2.20. The zero-order valence-electron chi connectivity index (χ0n) is 10.1. The van der Waals surface area contributed by atoms with Crippen LogP contribution in [0.4, 0.5) is 8.78 Å². The van der Waals surface area contributed by atoms with Gasteiger partial charge in [-0.1, -0.05) is 27.5 Å². The average Bonchev–Trinajstić information content (AvgIpc) is 2.38. The number of nitrogens with one attached hydrogen (secondary N) is 1. The van der Waals surface area contributed by atoms with Crippen molar-refractivity contribution in [2.45, 2.75) is 6.04 Å². The summed E-state index contributed by atoms with van der Waals surface area (Å²) in [7, 11) is 1.71. The summed E-state index contributed by atoms with van der Waals surface area (Å²) >= 11 is 9.46. The third-order valence-corrected chi connectivity index (χ3v) is 3.89. The van der Waals surface area contributed by atoms with E-state index >= 15 is 0 Å². The topological polar surface area (TPSA) is 12.0 Å². The zero-order valence-corrected chi connectivity index (χ0v) is 12.4. The first-order valence-corrected chi connectivity index (χ1v) is 6.77. The molecule has 0 fully saturated rings. The standard InChI is InChI=1S/C14H11BrClF2N/c1-19-14(10-6-8(17)2-4-12(10)15)11-7-9(18)3-5-13(11)16/h2-7,14,19H,1H3. The Hall–Kier alpha value is -0.970. The fourth-order valence-electron chi connectivity index (χ4n) is 1.95. The number of halogens is 4. The molecule has 2 aromatic carbocycles. The highest BCUT2D eigenvalue weighted by atomic mass is 79.9. The molecule has 0 saturated carbocycles. The predicted octanol–water partition coefficient (Wildman–Crippen LogP) is 4.69. The summed E-state index contributed by atoms with van der Waals surface area (Å²) in [6, 6.07) is 8.10. The maximum absolute atomic E-state index is 13.4. The Morgan fingerprint density at radius 3 is 2.26 bits per heavy atom. The quantitative estimate of drug-likeness (QED) is 0.850. The van der Waals surface area contributed by atoms with Gasteiger partial charge in [0.05, 0.1) is 6.04 Å². The second-order valence-electron chi connectivity index (χ2n) is 4.05. The minimum atomic E-state index is -0.395. The molecule has 0 aliphatic rings. The van der Waals surface area contributed by atoms with Crippen LogP contribution in [0.2, 0.25) is 5.02 Å². The normalized spacial score (nSPS) is 12.5. The van der Waals surface area contributed by atoms with Crippen molar-refractivity contribution in [3.05, 3.63) is 68.7 Å². The Bertz CT molecular complexity index is 552. The molecule has 0 aromatic heterocycles. The van der Waals surface area contributed by atoms with Crippen LogP contribution in [0.3, 0.4) is 0 Å². The van der Waals surface area contributed by atoms with E-state index in [9.17, 15) is 8.78 Å². The number of rotatable bonds is 3. The van der Waals surface area contributed by atoms with Crippen LogP contribution >= 0.6 is 27.5 Å². The Kier molecular flexibility index (Phi) is 4.55. The lowest BCUT2D eigenvalue weighted by molar-refractivity contribution is 0.607. The van der Waals surface area contributed by atoms with E-state index in [0.29, 0.717) is 16.1 Å². The Morgan fingerprint density at radius 2 is 1.63 bits per heavy atom. The van der Waals surface area contributed by atoms with Gasteiger partial charge < -0.3 is 5.32 Å². The van der Waals surface area contributed by atoms with E-state index in [1.165, 1.54) is 30.3 Å². The summed E-state index contributed by atoms with van der Waals surface area (Å²) in [6.07, 6.45) is 0. The molecule has 1 unspecified atom stereocenters. The van der Waals surface area contributed by atoms with Gasteiger partial charge in [0.1, 0.15) is 11.6 Å². The molecule has 1 N–H and O–H groups in total. The van der Waals surface area contributed by atoms with Crippen molar-refractivity contribution in [2.24, 2.45) is 0 Å². The van der Waals surface area contributed by atoms with Gasteiger partial charge in [0.25, 0.3) is 0 Å². The number of benzene rings is 2. The van der Waals surface area contributed by atoms with E-state index in [0.717, 1.165) is 4.47 Å². The molecule has 0 spiro atoms. The smallest absolute Gasteiger partial charge is 0.123 e. The van der Waals surface area contributed by atoms with Gasteiger partial charge in [0.15, 0.2) is 0 Å². The van der Waals surface area contributed by atoms with Gasteiger partial charge >= 0.3 is 0 Å². The van der Waals surface area contributed by atoms with Crippen molar-refractivity contribution in [1.82, 2.24) is 5.32 Å². The van der Waals surface area contributed by atoms with Crippen molar-refractivity contribution >= 4 is 27.5 Å². The summed E-state index contributed by atoms with van der Waals surface area (Å²) in [6.45, 7) is 0. The molecule has 1 nitrogen and oxygen atoms in total. The van der Waals surface area contributed by atoms with Crippen molar-refractivity contribution in [1.29, 1.82) is 0 Å². The highest BCUT2D eigenvalue weighted by Gasteiger charge is 2.19. The fourth-order valence-corrected chi connectivity index (χ4v) is 2.65. The van der Waals surface area contributed by atoms with Crippen LogP contribution in [-0.2, 0) is 0 Å². The van der Waals surface area contributed by atoms with Gasteiger partial charge in [-0.3, -0.25) is 0 Å². The highest BCUT2D eigenvalue weighted by molar-refractivity contribution is 9.10. The molecule has 1 atom stereocenters. The third-order valence-electron chi connectivity index (χ3n) is 2.83. The second kappa shape index (κ2) is 5.99. The number of hydrogen-bond acceptors (Lipinski definition) is 1. The first-order valence-electron chi connectivity index (χ1n) is 5.60. The van der Waals surface area contributed by atoms with Crippen LogP contribution in [0.25, 0.3) is 0 Å². The van der Waals surface area contributed by atoms with Crippen LogP contribution < -0.4 is 5.32 Å². The van der Waals surface area contributed by atoms with E-state index in [1.807, 2.05) is 0 Å². The molecule has 0 saturated heterocycles. The van der Waals surface area contributed by atoms with Crippen LogP contribution in [0.1, 0.15) is 17.2 Å². The number of hydrogen-bond donors (Lipinski definition) is 1. The molecule has 0 aliphatic carbocycles. The second-order valence-corrected chi connectivity index (χ2v) is 5.31. The monoisotopic (exact) mass is 345 g/mol. The van der Waals surface area contributed by atoms with Crippen LogP contribution in [-0.4, -0.2) is 7.05 Å². The minimum Gasteiger partial charge on any atom is -0.309 e. The van der Waals surface area contributed by atoms with Crippen LogP contribution in [0.15, 0.2) is 40.9 Å². The van der Waals surface area contributed by atoms with E-state index in [2.05, 4.69) is 21.2 Å². The molecule has 0 heterocycles. The lowest BCUT2D eigenvalue weighted by Crippen LogP contribution is -2.19. The first kappa shape index (κ1) is 14.4. The molecular weight excluding hydrogens is 336 g/mol. The summed E-state index contributed by atoms with van der Waals surface area (Å²) < 4.78 is 27.5. The minimum absolute atomic E-state index is 0.356. The summed E-state index contributed by atoms with van der Waals surface area (Å²) in [5, 5.41) is 3.45. The molecular formula is C14H11BrClF2N. The molecule has 100 valence electrons. The van der Waals surface area contributed by atoms with E-state index < -0.39 is 6.04 Å². The predicted molar refractivity (Wildman–Crippen MR) is 76.4 cm³/mol. The Balaban J connectivity index is 2.55. The molecule has 5 heteroatoms. The van der Waals surface area contributed by atoms with Crippen molar-refractivity contribution in [2.75, 3.05) is 7.05 Å². The molecule has 2 rings (SSSR count). The average molecular weight is 347 g/mol. The maximum Gasteiger partial charge on any atom is 0.123 e. The molecule has 0 radical (unpaired) electrons. The van der Waals surface area contributed by atoms with Crippen LogP contribution in [0.5, 0.6) is 0 Å². The van der Waals surface area contributed by atoms with E-state index in [-0.39, 0.29) is 11.6 Å². The maximum atomic E-state index is 13.4. The van der Waals surface area contributed by atoms with Gasteiger partial charge in [-0.15, -0.1) is 0 Å².